The summed E-state index contributed by atoms with van der Waals surface area (Å²) in [4.78, 5) is 24.7. The lowest BCUT2D eigenvalue weighted by molar-refractivity contribution is -0.164. The number of aliphatic hydroxyl groups is 2. The van der Waals surface area contributed by atoms with Crippen molar-refractivity contribution in [2.24, 2.45) is 9.98 Å². The van der Waals surface area contributed by atoms with Crippen molar-refractivity contribution in [1.82, 2.24) is 0 Å². The fraction of sp³-hybridized carbons (Fsp3) is 0.600. The molecule has 1 unspecified atom stereocenters. The van der Waals surface area contributed by atoms with Crippen molar-refractivity contribution in [2.45, 2.75) is 18.9 Å². The first-order valence-corrected chi connectivity index (χ1v) is 2.65. The summed E-state index contributed by atoms with van der Waals surface area (Å²) in [6, 6.07) is -1.23. The molecule has 0 radical (unpaired) electrons. The van der Waals surface area contributed by atoms with E-state index in [4.69, 9.17) is 10.2 Å². The van der Waals surface area contributed by atoms with Crippen molar-refractivity contribution < 1.29 is 19.8 Å². The Hall–Kier alpha value is -1.32. The van der Waals surface area contributed by atoms with Crippen LogP contribution >= 0.6 is 0 Å². The molecule has 6 nitrogen and oxygen atoms in total. The van der Waals surface area contributed by atoms with Gasteiger partial charge in [0.1, 0.15) is 6.04 Å². The van der Waals surface area contributed by atoms with Crippen molar-refractivity contribution in [3.05, 3.63) is 0 Å². The van der Waals surface area contributed by atoms with Crippen LogP contribution < -0.4 is 0 Å². The largest absolute Gasteiger partial charge is 0.345 e. The van der Waals surface area contributed by atoms with Crippen LogP contribution in [0.4, 0.5) is 0 Å². The minimum atomic E-state index is -2.67. The summed E-state index contributed by atoms with van der Waals surface area (Å²) in [6.07, 6.45) is 2.03. The van der Waals surface area contributed by atoms with Crippen molar-refractivity contribution in [3.8, 4) is 0 Å². The second kappa shape index (κ2) is 3.75. The number of carbonyl (C=O) groups excluding carboxylic acids is 2. The summed E-state index contributed by atoms with van der Waals surface area (Å²) in [5.74, 6) is -2.67. The van der Waals surface area contributed by atoms with Gasteiger partial charge in [-0.3, -0.25) is 0 Å². The standard InChI is InChI=1S/C5H6N2O4/c1-4(6-2-8)5(10,11)7-3-9/h4,10-11H,1H3. The second-order valence-corrected chi connectivity index (χ2v) is 1.79. The van der Waals surface area contributed by atoms with Gasteiger partial charge in [-0.25, -0.2) is 9.59 Å². The Balaban J connectivity index is 4.52. The van der Waals surface area contributed by atoms with Crippen LogP contribution in [0.25, 0.3) is 0 Å². The predicted octanol–water partition coefficient (Wildman–Crippen LogP) is -1.32. The molecule has 0 saturated carbocycles. The highest BCUT2D eigenvalue weighted by atomic mass is 16.5. The average Bonchev–Trinajstić information content (AvgIpc) is 1.88. The van der Waals surface area contributed by atoms with E-state index in [1.165, 1.54) is 6.92 Å². The van der Waals surface area contributed by atoms with Gasteiger partial charge in [0.15, 0.2) is 0 Å². The van der Waals surface area contributed by atoms with Gasteiger partial charge in [0.2, 0.25) is 12.2 Å². The van der Waals surface area contributed by atoms with Crippen molar-refractivity contribution in [3.63, 3.8) is 0 Å². The third kappa shape index (κ3) is 2.84. The molecule has 0 aliphatic rings. The van der Waals surface area contributed by atoms with Gasteiger partial charge in [0.05, 0.1) is 0 Å². The molecular weight excluding hydrogens is 152 g/mol. The number of isocyanates is 2. The lowest BCUT2D eigenvalue weighted by Gasteiger charge is -2.16. The second-order valence-electron chi connectivity index (χ2n) is 1.79. The van der Waals surface area contributed by atoms with Crippen molar-refractivity contribution in [2.75, 3.05) is 0 Å². The van der Waals surface area contributed by atoms with E-state index in [0.717, 1.165) is 12.2 Å². The highest BCUT2D eigenvalue weighted by Gasteiger charge is 2.30. The third-order valence-corrected chi connectivity index (χ3v) is 1.02. The summed E-state index contributed by atoms with van der Waals surface area (Å²) in [5, 5.41) is 17.5. The van der Waals surface area contributed by atoms with E-state index in [9.17, 15) is 9.59 Å². The molecule has 2 N–H and O–H groups in total. The zero-order valence-electron chi connectivity index (χ0n) is 5.68. The molecule has 11 heavy (non-hydrogen) atoms. The number of nitrogens with zero attached hydrogens (tertiary/aromatic N) is 2. The molecule has 0 heterocycles. The van der Waals surface area contributed by atoms with E-state index < -0.39 is 12.0 Å². The Bertz CT molecular complexity index is 225. The Kier molecular flexibility index (Phi) is 3.30. The summed E-state index contributed by atoms with van der Waals surface area (Å²) >= 11 is 0. The molecule has 0 spiro atoms. The van der Waals surface area contributed by atoms with Gasteiger partial charge in [-0.15, -0.1) is 4.99 Å². The zero-order chi connectivity index (χ0) is 8.91. The van der Waals surface area contributed by atoms with Crippen LogP contribution in [0.15, 0.2) is 9.98 Å². The van der Waals surface area contributed by atoms with E-state index in [1.807, 2.05) is 0 Å². The normalized spacial score (nSPS) is 12.6. The van der Waals surface area contributed by atoms with E-state index in [2.05, 4.69) is 9.98 Å². The zero-order valence-corrected chi connectivity index (χ0v) is 5.68. The molecule has 1 atom stereocenters. The fourth-order valence-electron chi connectivity index (χ4n) is 0.326. The van der Waals surface area contributed by atoms with Gasteiger partial charge in [-0.1, -0.05) is 0 Å². The summed E-state index contributed by atoms with van der Waals surface area (Å²) in [6.45, 7) is 1.19. The molecule has 0 aromatic carbocycles. The third-order valence-electron chi connectivity index (χ3n) is 1.02. The predicted molar refractivity (Wildman–Crippen MR) is 32.9 cm³/mol. The topological polar surface area (TPSA) is 99.3 Å². The SMILES string of the molecule is CC(N=C=O)C(O)(O)N=C=O. The van der Waals surface area contributed by atoms with E-state index in [0.29, 0.717) is 0 Å². The summed E-state index contributed by atoms with van der Waals surface area (Å²) in [7, 11) is 0. The molecule has 0 aliphatic heterocycles. The smallest absolute Gasteiger partial charge is 0.299 e. The van der Waals surface area contributed by atoms with E-state index in [1.54, 1.807) is 0 Å². The van der Waals surface area contributed by atoms with Gasteiger partial charge in [-0.2, -0.15) is 4.99 Å². The van der Waals surface area contributed by atoms with Gasteiger partial charge in [0.25, 0.3) is 5.91 Å². The molecule has 6 heteroatoms. The van der Waals surface area contributed by atoms with Crippen molar-refractivity contribution >= 4 is 12.2 Å². The molecule has 0 aromatic rings. The number of rotatable bonds is 3. The van der Waals surface area contributed by atoms with Gasteiger partial charge in [-0.05, 0) is 6.92 Å². The molecule has 0 aromatic heterocycles. The molecule has 0 rings (SSSR count). The van der Waals surface area contributed by atoms with Gasteiger partial charge >= 0.3 is 0 Å². The molecule has 0 aliphatic carbocycles. The minimum Gasteiger partial charge on any atom is -0.345 e. The first-order chi connectivity index (χ1) is 5.04. The average molecular weight is 158 g/mol. The van der Waals surface area contributed by atoms with Crippen LogP contribution in [0.3, 0.4) is 0 Å². The highest BCUT2D eigenvalue weighted by Crippen LogP contribution is 2.09. The molecular formula is C5H6N2O4. The maximum absolute atomic E-state index is 9.61. The maximum Gasteiger partial charge on any atom is 0.299 e. The van der Waals surface area contributed by atoms with E-state index >= 15 is 0 Å². The fourth-order valence-corrected chi connectivity index (χ4v) is 0.326. The van der Waals surface area contributed by atoms with Crippen LogP contribution in [0, 0.1) is 0 Å². The Morgan fingerprint density at radius 2 is 1.91 bits per heavy atom. The van der Waals surface area contributed by atoms with E-state index in [-0.39, 0.29) is 0 Å². The molecule has 0 amide bonds. The van der Waals surface area contributed by atoms with Crippen LogP contribution in [0.5, 0.6) is 0 Å². The van der Waals surface area contributed by atoms with Crippen LogP contribution in [-0.4, -0.2) is 34.3 Å². The number of hydrogen-bond donors (Lipinski definition) is 2. The molecule has 0 saturated heterocycles. The van der Waals surface area contributed by atoms with Crippen molar-refractivity contribution in [1.29, 1.82) is 0 Å². The molecule has 60 valence electrons. The van der Waals surface area contributed by atoms with Gasteiger partial charge < -0.3 is 10.2 Å². The van der Waals surface area contributed by atoms with Crippen LogP contribution in [0.2, 0.25) is 0 Å². The lowest BCUT2D eigenvalue weighted by atomic mass is 10.3. The number of hydrogen-bond acceptors (Lipinski definition) is 6. The van der Waals surface area contributed by atoms with Gasteiger partial charge in [0, 0.05) is 0 Å². The Morgan fingerprint density at radius 1 is 1.36 bits per heavy atom. The maximum atomic E-state index is 9.61. The highest BCUT2D eigenvalue weighted by molar-refractivity contribution is 5.36. The summed E-state index contributed by atoms with van der Waals surface area (Å²) in [5.41, 5.74) is 0. The molecule has 0 bridgehead atoms. The van der Waals surface area contributed by atoms with Crippen LogP contribution in [0.1, 0.15) is 6.92 Å². The first kappa shape index (κ1) is 9.68. The quantitative estimate of drug-likeness (QED) is 0.302. The molecule has 0 fully saturated rings. The Labute approximate surface area is 61.9 Å². The first-order valence-electron chi connectivity index (χ1n) is 2.65. The Morgan fingerprint density at radius 3 is 2.27 bits per heavy atom. The summed E-state index contributed by atoms with van der Waals surface area (Å²) < 4.78 is 0. The lowest BCUT2D eigenvalue weighted by Crippen LogP contribution is -2.36. The van der Waals surface area contributed by atoms with Crippen LogP contribution in [-0.2, 0) is 9.59 Å². The number of aliphatic imine (C=N–C) groups is 2. The minimum absolute atomic E-state index is 0.932. The monoisotopic (exact) mass is 158 g/mol.